The van der Waals surface area contributed by atoms with E-state index in [1.54, 1.807) is 0 Å². The van der Waals surface area contributed by atoms with E-state index in [-0.39, 0.29) is 0 Å². The van der Waals surface area contributed by atoms with Crippen LogP contribution in [-0.4, -0.2) is 21.8 Å². The van der Waals surface area contributed by atoms with Gasteiger partial charge in [0.15, 0.2) is 0 Å². The minimum absolute atomic E-state index is 0.430. The quantitative estimate of drug-likeness (QED) is 0.859. The maximum absolute atomic E-state index is 5.61. The number of aromatic nitrogens is 2. The summed E-state index contributed by atoms with van der Waals surface area (Å²) in [5.41, 5.74) is 9.90. The lowest BCUT2D eigenvalue weighted by atomic mass is 10.2. The van der Waals surface area contributed by atoms with Gasteiger partial charge in [-0.2, -0.15) is 5.10 Å². The van der Waals surface area contributed by atoms with E-state index in [9.17, 15) is 0 Å². The third-order valence-corrected chi connectivity index (χ3v) is 3.51. The fraction of sp³-hybridized carbons (Fsp3) is 0.333. The highest BCUT2D eigenvalue weighted by molar-refractivity contribution is 7.80. The van der Waals surface area contributed by atoms with Crippen molar-refractivity contribution < 1.29 is 0 Å². The van der Waals surface area contributed by atoms with Crippen LogP contribution in [-0.2, 0) is 13.1 Å². The standard InChI is InChI=1S/C15H20N4S/c1-4-19-14(9-11(2)17-19)10-18(3)13-7-5-12(6-8-13)15(16)20/h5-9H,4,10H2,1-3H3,(H2,16,20). The van der Waals surface area contributed by atoms with Crippen molar-refractivity contribution in [3.05, 3.63) is 47.3 Å². The molecule has 0 saturated heterocycles. The molecule has 0 aliphatic carbocycles. The summed E-state index contributed by atoms with van der Waals surface area (Å²) in [4.78, 5) is 2.62. The fourth-order valence-electron chi connectivity index (χ4n) is 2.21. The van der Waals surface area contributed by atoms with E-state index in [2.05, 4.69) is 30.0 Å². The van der Waals surface area contributed by atoms with E-state index in [1.165, 1.54) is 5.69 Å². The van der Waals surface area contributed by atoms with Gasteiger partial charge in [0.2, 0.25) is 0 Å². The second-order valence-corrected chi connectivity index (χ2v) is 5.30. The summed E-state index contributed by atoms with van der Waals surface area (Å²) in [6, 6.07) is 10.1. The van der Waals surface area contributed by atoms with Crippen molar-refractivity contribution in [2.75, 3.05) is 11.9 Å². The minimum Gasteiger partial charge on any atom is -0.389 e. The van der Waals surface area contributed by atoms with Gasteiger partial charge in [0.1, 0.15) is 4.99 Å². The lowest BCUT2D eigenvalue weighted by Crippen LogP contribution is -2.19. The Kier molecular flexibility index (Phi) is 4.39. The summed E-state index contributed by atoms with van der Waals surface area (Å²) >= 11 is 4.96. The summed E-state index contributed by atoms with van der Waals surface area (Å²) in [5, 5.41) is 4.47. The van der Waals surface area contributed by atoms with E-state index >= 15 is 0 Å². The smallest absolute Gasteiger partial charge is 0.103 e. The van der Waals surface area contributed by atoms with E-state index in [1.807, 2.05) is 35.9 Å². The summed E-state index contributed by atoms with van der Waals surface area (Å²) in [5.74, 6) is 0. The van der Waals surface area contributed by atoms with Crippen LogP contribution in [0.4, 0.5) is 5.69 Å². The Balaban J connectivity index is 2.14. The van der Waals surface area contributed by atoms with E-state index in [0.717, 1.165) is 30.0 Å². The molecule has 0 aliphatic rings. The monoisotopic (exact) mass is 288 g/mol. The van der Waals surface area contributed by atoms with E-state index < -0.39 is 0 Å². The zero-order chi connectivity index (χ0) is 14.7. The third kappa shape index (κ3) is 3.17. The molecule has 2 rings (SSSR count). The molecule has 0 aliphatic heterocycles. The molecule has 0 radical (unpaired) electrons. The van der Waals surface area contributed by atoms with Gasteiger partial charge in [-0.1, -0.05) is 12.2 Å². The van der Waals surface area contributed by atoms with Gasteiger partial charge in [-0.25, -0.2) is 0 Å². The Morgan fingerprint density at radius 1 is 1.35 bits per heavy atom. The maximum atomic E-state index is 5.61. The van der Waals surface area contributed by atoms with Crippen molar-refractivity contribution in [3.63, 3.8) is 0 Å². The summed E-state index contributed by atoms with van der Waals surface area (Å²) < 4.78 is 2.04. The number of benzene rings is 1. The van der Waals surface area contributed by atoms with Crippen LogP contribution < -0.4 is 10.6 Å². The highest BCUT2D eigenvalue weighted by Crippen LogP contribution is 2.17. The van der Waals surface area contributed by atoms with Crippen LogP contribution in [0.25, 0.3) is 0 Å². The maximum Gasteiger partial charge on any atom is 0.103 e. The van der Waals surface area contributed by atoms with Crippen LogP contribution in [0.1, 0.15) is 23.9 Å². The molecule has 2 N–H and O–H groups in total. The number of hydrogen-bond acceptors (Lipinski definition) is 3. The van der Waals surface area contributed by atoms with Gasteiger partial charge in [0, 0.05) is 24.8 Å². The molecule has 1 heterocycles. The van der Waals surface area contributed by atoms with Crippen LogP contribution in [0.15, 0.2) is 30.3 Å². The van der Waals surface area contributed by atoms with Gasteiger partial charge in [-0.05, 0) is 44.2 Å². The molecule has 106 valence electrons. The Morgan fingerprint density at radius 3 is 2.55 bits per heavy atom. The van der Waals surface area contributed by atoms with Gasteiger partial charge in [-0.15, -0.1) is 0 Å². The number of hydrogen-bond donors (Lipinski definition) is 1. The SMILES string of the molecule is CCn1nc(C)cc1CN(C)c1ccc(C(N)=S)cc1. The lowest BCUT2D eigenvalue weighted by Gasteiger charge is -2.20. The number of anilines is 1. The molecule has 1 aromatic carbocycles. The zero-order valence-corrected chi connectivity index (χ0v) is 12.9. The first-order valence-electron chi connectivity index (χ1n) is 6.65. The average molecular weight is 288 g/mol. The average Bonchev–Trinajstić information content (AvgIpc) is 2.78. The van der Waals surface area contributed by atoms with Gasteiger partial charge in [0.25, 0.3) is 0 Å². The molecule has 0 saturated carbocycles. The molecular weight excluding hydrogens is 268 g/mol. The Morgan fingerprint density at radius 2 is 2.00 bits per heavy atom. The molecule has 0 atom stereocenters. The Hall–Kier alpha value is -1.88. The molecule has 0 spiro atoms. The van der Waals surface area contributed by atoms with Crippen molar-refractivity contribution in [2.24, 2.45) is 5.73 Å². The van der Waals surface area contributed by atoms with Crippen molar-refractivity contribution in [3.8, 4) is 0 Å². The fourth-order valence-corrected chi connectivity index (χ4v) is 2.35. The molecule has 0 amide bonds. The number of aryl methyl sites for hydroxylation is 2. The molecule has 2 aromatic rings. The third-order valence-electron chi connectivity index (χ3n) is 3.28. The second-order valence-electron chi connectivity index (χ2n) is 4.86. The van der Waals surface area contributed by atoms with Gasteiger partial charge < -0.3 is 10.6 Å². The molecule has 0 fully saturated rings. The molecule has 5 heteroatoms. The normalized spacial score (nSPS) is 10.6. The largest absolute Gasteiger partial charge is 0.389 e. The van der Waals surface area contributed by atoms with Gasteiger partial charge in [-0.3, -0.25) is 4.68 Å². The number of thiocarbonyl (C=S) groups is 1. The molecule has 4 nitrogen and oxygen atoms in total. The molecule has 0 unspecified atom stereocenters. The summed E-state index contributed by atoms with van der Waals surface area (Å²) in [6.45, 7) is 5.83. The predicted molar refractivity (Wildman–Crippen MR) is 87.1 cm³/mol. The van der Waals surface area contributed by atoms with Crippen LogP contribution in [0.2, 0.25) is 0 Å². The summed E-state index contributed by atoms with van der Waals surface area (Å²) in [6.07, 6.45) is 0. The zero-order valence-electron chi connectivity index (χ0n) is 12.1. The van der Waals surface area contributed by atoms with Crippen LogP contribution in [0.5, 0.6) is 0 Å². The first-order chi connectivity index (χ1) is 9.51. The van der Waals surface area contributed by atoms with E-state index in [4.69, 9.17) is 18.0 Å². The highest BCUT2D eigenvalue weighted by Gasteiger charge is 2.08. The van der Waals surface area contributed by atoms with Crippen LogP contribution >= 0.6 is 12.2 Å². The minimum atomic E-state index is 0.430. The number of nitrogens with zero attached hydrogens (tertiary/aromatic N) is 3. The highest BCUT2D eigenvalue weighted by atomic mass is 32.1. The first kappa shape index (κ1) is 14.5. The second kappa shape index (κ2) is 6.05. The first-order valence-corrected chi connectivity index (χ1v) is 7.06. The van der Waals surface area contributed by atoms with Crippen molar-refractivity contribution in [2.45, 2.75) is 26.9 Å². The summed E-state index contributed by atoms with van der Waals surface area (Å²) in [7, 11) is 2.07. The predicted octanol–water partition coefficient (Wildman–Crippen LogP) is 2.48. The van der Waals surface area contributed by atoms with Crippen LogP contribution in [0.3, 0.4) is 0 Å². The van der Waals surface area contributed by atoms with Crippen molar-refractivity contribution >= 4 is 22.9 Å². The molecule has 1 aromatic heterocycles. The Labute approximate surface area is 125 Å². The Bertz CT molecular complexity index is 601. The molecule has 20 heavy (non-hydrogen) atoms. The van der Waals surface area contributed by atoms with Gasteiger partial charge in [0.05, 0.1) is 17.9 Å². The number of nitrogens with two attached hydrogens (primary N) is 1. The molecule has 0 bridgehead atoms. The van der Waals surface area contributed by atoms with E-state index in [0.29, 0.717) is 4.99 Å². The van der Waals surface area contributed by atoms with Gasteiger partial charge >= 0.3 is 0 Å². The lowest BCUT2D eigenvalue weighted by molar-refractivity contribution is 0.613. The topological polar surface area (TPSA) is 47.1 Å². The van der Waals surface area contributed by atoms with Crippen molar-refractivity contribution in [1.29, 1.82) is 0 Å². The van der Waals surface area contributed by atoms with Crippen LogP contribution in [0, 0.1) is 6.92 Å². The van der Waals surface area contributed by atoms with Crippen molar-refractivity contribution in [1.82, 2.24) is 9.78 Å². The molecular formula is C15H20N4S. The number of rotatable bonds is 5.